The van der Waals surface area contributed by atoms with Crippen LogP contribution in [-0.4, -0.2) is 40.4 Å². The van der Waals surface area contributed by atoms with Crippen LogP contribution in [0.3, 0.4) is 0 Å². The van der Waals surface area contributed by atoms with Crippen LogP contribution >= 0.6 is 0 Å². The molecule has 38 heavy (non-hydrogen) atoms. The molecule has 0 spiro atoms. The first kappa shape index (κ1) is 31.7. The first-order valence-electron chi connectivity index (χ1n) is 12.4. The molecular formula is C28H34F6O4. The molecule has 3 N–H and O–H groups in total. The highest BCUT2D eigenvalue weighted by molar-refractivity contribution is 5.56. The lowest BCUT2D eigenvalue weighted by atomic mass is 9.75. The SMILES string of the molecule is CCc1cc(C(CC)(CC)COc2ccc(CO)c(CO)c2)ccc1/C=C/C(O)C(C(F)(F)F)C(F)(F)F. The Balaban J connectivity index is 2.34. The molecule has 212 valence electrons. The maximum atomic E-state index is 12.9. The highest BCUT2D eigenvalue weighted by Crippen LogP contribution is 2.42. The first-order valence-corrected chi connectivity index (χ1v) is 12.4. The van der Waals surface area contributed by atoms with Crippen LogP contribution in [-0.2, 0) is 25.0 Å². The minimum absolute atomic E-state index is 0.214. The van der Waals surface area contributed by atoms with Crippen molar-refractivity contribution in [2.45, 2.75) is 77.1 Å². The monoisotopic (exact) mass is 548 g/mol. The molecule has 0 aliphatic heterocycles. The number of aliphatic hydroxyl groups is 3. The minimum Gasteiger partial charge on any atom is -0.493 e. The van der Waals surface area contributed by atoms with Crippen molar-refractivity contribution < 1.29 is 46.4 Å². The second kappa shape index (κ2) is 13.0. The number of hydrogen-bond donors (Lipinski definition) is 3. The number of hydrogen-bond acceptors (Lipinski definition) is 4. The summed E-state index contributed by atoms with van der Waals surface area (Å²) >= 11 is 0. The van der Waals surface area contributed by atoms with E-state index in [1.807, 2.05) is 26.8 Å². The summed E-state index contributed by atoms with van der Waals surface area (Å²) in [6.45, 7) is 5.61. The molecule has 2 aromatic carbocycles. The van der Waals surface area contributed by atoms with Crippen molar-refractivity contribution in [3.8, 4) is 5.75 Å². The third-order valence-electron chi connectivity index (χ3n) is 7.04. The van der Waals surface area contributed by atoms with E-state index in [1.54, 1.807) is 30.3 Å². The van der Waals surface area contributed by atoms with Crippen LogP contribution in [0.4, 0.5) is 26.3 Å². The predicted molar refractivity (Wildman–Crippen MR) is 133 cm³/mol. The van der Waals surface area contributed by atoms with E-state index in [9.17, 15) is 41.7 Å². The Labute approximate surface area is 218 Å². The number of alkyl halides is 6. The van der Waals surface area contributed by atoms with Crippen molar-refractivity contribution in [2.75, 3.05) is 6.61 Å². The van der Waals surface area contributed by atoms with Crippen LogP contribution in [0.2, 0.25) is 0 Å². The Bertz CT molecular complexity index is 1060. The van der Waals surface area contributed by atoms with Gasteiger partial charge in [-0.2, -0.15) is 26.3 Å². The zero-order valence-electron chi connectivity index (χ0n) is 21.5. The molecule has 1 atom stereocenters. The normalized spacial score (nSPS) is 13.9. The third-order valence-corrected chi connectivity index (χ3v) is 7.04. The third kappa shape index (κ3) is 7.51. The summed E-state index contributed by atoms with van der Waals surface area (Å²) in [4.78, 5) is 0. The standard InChI is InChI=1S/C28H34F6O4/c1-4-18-13-22(10-7-19(18)9-12-24(37)25(27(29,30)31)28(32,33)34)26(5-2,6-3)17-38-23-11-8-20(15-35)21(14-23)16-36/h7-14,24-25,35-37H,4-6,15-17H2,1-3H3/b12-9+. The lowest BCUT2D eigenvalue weighted by Crippen LogP contribution is -2.44. The summed E-state index contributed by atoms with van der Waals surface area (Å²) in [5.74, 6) is -3.36. The van der Waals surface area contributed by atoms with Gasteiger partial charge in [-0.3, -0.25) is 0 Å². The molecule has 2 rings (SSSR count). The summed E-state index contributed by atoms with van der Waals surface area (Å²) in [6.07, 6.45) is -10.6. The van der Waals surface area contributed by atoms with E-state index in [2.05, 4.69) is 0 Å². The minimum atomic E-state index is -5.64. The maximum absolute atomic E-state index is 12.9. The lowest BCUT2D eigenvalue weighted by Gasteiger charge is -2.33. The van der Waals surface area contributed by atoms with E-state index in [-0.39, 0.29) is 19.8 Å². The molecule has 0 aromatic heterocycles. The van der Waals surface area contributed by atoms with Gasteiger partial charge in [0.15, 0.2) is 5.92 Å². The van der Waals surface area contributed by atoms with Crippen molar-refractivity contribution in [3.63, 3.8) is 0 Å². The van der Waals surface area contributed by atoms with E-state index in [1.165, 1.54) is 0 Å². The van der Waals surface area contributed by atoms with Crippen LogP contribution in [0, 0.1) is 5.92 Å². The van der Waals surface area contributed by atoms with E-state index < -0.39 is 29.8 Å². The van der Waals surface area contributed by atoms with Gasteiger partial charge in [0, 0.05) is 5.41 Å². The molecule has 0 radical (unpaired) electrons. The van der Waals surface area contributed by atoms with E-state index in [4.69, 9.17) is 4.74 Å². The Morgan fingerprint density at radius 2 is 1.42 bits per heavy atom. The maximum Gasteiger partial charge on any atom is 0.403 e. The fraction of sp³-hybridized carbons (Fsp3) is 0.500. The number of aryl methyl sites for hydroxylation is 1. The summed E-state index contributed by atoms with van der Waals surface area (Å²) in [6, 6.07) is 10.3. The molecule has 0 saturated carbocycles. The van der Waals surface area contributed by atoms with Gasteiger partial charge in [-0.15, -0.1) is 0 Å². The largest absolute Gasteiger partial charge is 0.493 e. The van der Waals surface area contributed by atoms with Crippen LogP contribution < -0.4 is 4.74 Å². The second-order valence-corrected chi connectivity index (χ2v) is 9.20. The van der Waals surface area contributed by atoms with Gasteiger partial charge in [0.1, 0.15) is 5.75 Å². The van der Waals surface area contributed by atoms with Crippen molar-refractivity contribution in [2.24, 2.45) is 5.92 Å². The number of aliphatic hydroxyl groups excluding tert-OH is 3. The zero-order chi connectivity index (χ0) is 28.7. The van der Waals surface area contributed by atoms with Gasteiger partial charge in [-0.05, 0) is 59.2 Å². The molecule has 1 unspecified atom stereocenters. The number of benzene rings is 2. The molecule has 0 heterocycles. The Hall–Kier alpha value is -2.56. The molecule has 0 aliphatic rings. The Morgan fingerprint density at radius 1 is 0.816 bits per heavy atom. The molecule has 0 amide bonds. The molecule has 0 saturated heterocycles. The highest BCUT2D eigenvalue weighted by Gasteiger charge is 2.59. The van der Waals surface area contributed by atoms with Gasteiger partial charge < -0.3 is 20.1 Å². The number of ether oxygens (including phenoxy) is 1. The summed E-state index contributed by atoms with van der Waals surface area (Å²) in [7, 11) is 0. The predicted octanol–water partition coefficient (Wildman–Crippen LogP) is 6.49. The molecule has 4 nitrogen and oxygen atoms in total. The van der Waals surface area contributed by atoms with Gasteiger partial charge in [0.2, 0.25) is 0 Å². The van der Waals surface area contributed by atoms with Crippen LogP contribution in [0.1, 0.15) is 61.4 Å². The number of rotatable bonds is 12. The topological polar surface area (TPSA) is 69.9 Å². The van der Waals surface area contributed by atoms with E-state index >= 15 is 0 Å². The summed E-state index contributed by atoms with van der Waals surface area (Å²) < 4.78 is 83.6. The average molecular weight is 549 g/mol. The molecular weight excluding hydrogens is 514 g/mol. The van der Waals surface area contributed by atoms with Crippen molar-refractivity contribution >= 4 is 6.08 Å². The lowest BCUT2D eigenvalue weighted by molar-refractivity contribution is -0.300. The van der Waals surface area contributed by atoms with Crippen molar-refractivity contribution in [1.29, 1.82) is 0 Å². The summed E-state index contributed by atoms with van der Waals surface area (Å²) in [5, 5.41) is 28.7. The van der Waals surface area contributed by atoms with Crippen molar-refractivity contribution in [1.82, 2.24) is 0 Å². The highest BCUT2D eigenvalue weighted by atomic mass is 19.4. The van der Waals surface area contributed by atoms with Crippen LogP contribution in [0.15, 0.2) is 42.5 Å². The number of halogens is 6. The molecule has 0 bridgehead atoms. The average Bonchev–Trinajstić information content (AvgIpc) is 2.86. The van der Waals surface area contributed by atoms with Gasteiger partial charge >= 0.3 is 12.4 Å². The quantitative estimate of drug-likeness (QED) is 0.266. The van der Waals surface area contributed by atoms with E-state index in [0.717, 1.165) is 11.6 Å². The van der Waals surface area contributed by atoms with Gasteiger partial charge in [-0.1, -0.05) is 57.2 Å². The van der Waals surface area contributed by atoms with Gasteiger partial charge in [-0.25, -0.2) is 0 Å². The van der Waals surface area contributed by atoms with Gasteiger partial charge in [0.05, 0.1) is 25.9 Å². The Morgan fingerprint density at radius 3 is 1.92 bits per heavy atom. The molecule has 10 heteroatoms. The Kier molecular flexibility index (Phi) is 10.8. The molecule has 0 aliphatic carbocycles. The smallest absolute Gasteiger partial charge is 0.403 e. The first-order chi connectivity index (χ1) is 17.8. The van der Waals surface area contributed by atoms with E-state index in [0.29, 0.717) is 53.3 Å². The van der Waals surface area contributed by atoms with Crippen molar-refractivity contribution in [3.05, 3.63) is 70.3 Å². The second-order valence-electron chi connectivity index (χ2n) is 9.20. The van der Waals surface area contributed by atoms with Gasteiger partial charge in [0.25, 0.3) is 0 Å². The van der Waals surface area contributed by atoms with Crippen LogP contribution in [0.25, 0.3) is 6.08 Å². The summed E-state index contributed by atoms with van der Waals surface area (Å²) in [5.41, 5.74) is 2.70. The van der Waals surface area contributed by atoms with Crippen LogP contribution in [0.5, 0.6) is 5.75 Å². The fourth-order valence-electron chi connectivity index (χ4n) is 4.45. The fourth-order valence-corrected chi connectivity index (χ4v) is 4.45. The molecule has 2 aromatic rings. The molecule has 0 fully saturated rings. The zero-order valence-corrected chi connectivity index (χ0v) is 21.5.